The van der Waals surface area contributed by atoms with Crippen molar-refractivity contribution < 1.29 is 19.2 Å². The number of amides is 1. The topological polar surface area (TPSA) is 110 Å². The minimum atomic E-state index is -0.220. The Bertz CT molecular complexity index is 1040. The van der Waals surface area contributed by atoms with Crippen LogP contribution in [-0.2, 0) is 11.3 Å². The van der Waals surface area contributed by atoms with Crippen LogP contribution in [0.1, 0.15) is 35.8 Å². The number of benzene rings is 2. The van der Waals surface area contributed by atoms with Gasteiger partial charge in [0, 0.05) is 18.8 Å². The zero-order chi connectivity index (χ0) is 22.5. The van der Waals surface area contributed by atoms with E-state index in [0.717, 1.165) is 54.4 Å². The van der Waals surface area contributed by atoms with Gasteiger partial charge in [0.05, 0.1) is 39.4 Å². The SMILES string of the molecule is COc1ccc(Cn2nnnc2[C@@H](c2ccccc2OC)[NH+]2CCC(C(N)=O)CC2)cc1. The predicted molar refractivity (Wildman–Crippen MR) is 117 cm³/mol. The molecule has 4 rings (SSSR count). The number of tetrazole rings is 1. The largest absolute Gasteiger partial charge is 0.497 e. The molecule has 2 aromatic carbocycles. The summed E-state index contributed by atoms with van der Waals surface area (Å²) in [7, 11) is 3.32. The van der Waals surface area contributed by atoms with Crippen molar-refractivity contribution in [3.8, 4) is 11.5 Å². The summed E-state index contributed by atoms with van der Waals surface area (Å²) in [6.07, 6.45) is 1.49. The van der Waals surface area contributed by atoms with Crippen LogP contribution >= 0.6 is 0 Å². The lowest BCUT2D eigenvalue weighted by atomic mass is 9.93. The molecule has 1 amide bonds. The predicted octanol–water partition coefficient (Wildman–Crippen LogP) is 0.608. The number of methoxy groups -OCH3 is 2. The zero-order valence-electron chi connectivity index (χ0n) is 18.4. The molecule has 0 radical (unpaired) electrons. The van der Waals surface area contributed by atoms with E-state index in [1.54, 1.807) is 14.2 Å². The number of quaternary nitrogens is 1. The number of nitrogens with two attached hydrogens (primary N) is 1. The molecule has 0 unspecified atom stereocenters. The van der Waals surface area contributed by atoms with E-state index in [1.165, 1.54) is 4.90 Å². The molecule has 0 bridgehead atoms. The van der Waals surface area contributed by atoms with Gasteiger partial charge in [-0.25, -0.2) is 4.68 Å². The van der Waals surface area contributed by atoms with Crippen LogP contribution < -0.4 is 20.1 Å². The lowest BCUT2D eigenvalue weighted by molar-refractivity contribution is -0.931. The Balaban J connectivity index is 1.68. The van der Waals surface area contributed by atoms with Crippen molar-refractivity contribution >= 4 is 5.91 Å². The van der Waals surface area contributed by atoms with Crippen molar-refractivity contribution in [2.24, 2.45) is 11.7 Å². The first-order chi connectivity index (χ1) is 15.6. The van der Waals surface area contributed by atoms with Crippen LogP contribution in [0.4, 0.5) is 0 Å². The Hall–Kier alpha value is -3.46. The molecular formula is C23H29N6O3+. The van der Waals surface area contributed by atoms with Crippen LogP contribution in [0, 0.1) is 5.92 Å². The fourth-order valence-electron chi connectivity index (χ4n) is 4.44. The Morgan fingerprint density at radius 3 is 2.50 bits per heavy atom. The molecule has 0 saturated carbocycles. The third-order valence-electron chi connectivity index (χ3n) is 6.20. The van der Waals surface area contributed by atoms with Gasteiger partial charge in [0.2, 0.25) is 11.7 Å². The summed E-state index contributed by atoms with van der Waals surface area (Å²) in [5, 5.41) is 12.7. The van der Waals surface area contributed by atoms with Gasteiger partial charge in [-0.2, -0.15) is 0 Å². The molecule has 1 fully saturated rings. The first-order valence-electron chi connectivity index (χ1n) is 10.8. The number of hydrogen-bond acceptors (Lipinski definition) is 6. The highest BCUT2D eigenvalue weighted by atomic mass is 16.5. The molecule has 9 heteroatoms. The molecule has 0 aliphatic carbocycles. The van der Waals surface area contributed by atoms with Gasteiger partial charge in [0.1, 0.15) is 11.5 Å². The average molecular weight is 438 g/mol. The quantitative estimate of drug-likeness (QED) is 0.534. The second-order valence-electron chi connectivity index (χ2n) is 8.05. The van der Waals surface area contributed by atoms with Crippen LogP contribution in [0.25, 0.3) is 0 Å². The van der Waals surface area contributed by atoms with Crippen molar-refractivity contribution in [3.63, 3.8) is 0 Å². The molecule has 0 spiro atoms. The van der Waals surface area contributed by atoms with E-state index in [0.29, 0.717) is 6.54 Å². The molecule has 1 saturated heterocycles. The van der Waals surface area contributed by atoms with E-state index in [9.17, 15) is 4.79 Å². The maximum Gasteiger partial charge on any atom is 0.220 e. The summed E-state index contributed by atoms with van der Waals surface area (Å²) in [6.45, 7) is 2.13. The second-order valence-corrected chi connectivity index (χ2v) is 8.05. The molecular weight excluding hydrogens is 408 g/mol. The number of carbonyl (C=O) groups excluding carboxylic acids is 1. The number of ether oxygens (including phenoxy) is 2. The minimum Gasteiger partial charge on any atom is -0.497 e. The fourth-order valence-corrected chi connectivity index (χ4v) is 4.44. The van der Waals surface area contributed by atoms with Crippen LogP contribution in [0.5, 0.6) is 11.5 Å². The number of piperidine rings is 1. The fraction of sp³-hybridized carbons (Fsp3) is 0.391. The normalized spacial score (nSPS) is 19.3. The average Bonchev–Trinajstić information content (AvgIpc) is 3.28. The van der Waals surface area contributed by atoms with Gasteiger partial charge in [0.15, 0.2) is 6.04 Å². The van der Waals surface area contributed by atoms with Gasteiger partial charge in [-0.15, -0.1) is 5.10 Å². The van der Waals surface area contributed by atoms with Crippen LogP contribution in [0.15, 0.2) is 48.5 Å². The molecule has 2 heterocycles. The van der Waals surface area contributed by atoms with Gasteiger partial charge < -0.3 is 20.1 Å². The first kappa shape index (κ1) is 21.8. The number of nitrogens with one attached hydrogen (secondary N) is 1. The van der Waals surface area contributed by atoms with Gasteiger partial charge in [-0.05, 0) is 40.3 Å². The van der Waals surface area contributed by atoms with Gasteiger partial charge in [0.25, 0.3) is 0 Å². The zero-order valence-corrected chi connectivity index (χ0v) is 18.4. The first-order valence-corrected chi connectivity index (χ1v) is 10.8. The molecule has 1 aliphatic heterocycles. The molecule has 32 heavy (non-hydrogen) atoms. The van der Waals surface area contributed by atoms with E-state index in [2.05, 4.69) is 21.6 Å². The minimum absolute atomic E-state index is 0.0765. The van der Waals surface area contributed by atoms with Crippen molar-refractivity contribution in [2.75, 3.05) is 27.3 Å². The molecule has 9 nitrogen and oxygen atoms in total. The summed E-state index contributed by atoms with van der Waals surface area (Å²) >= 11 is 0. The molecule has 3 N–H and O–H groups in total. The number of hydrogen-bond donors (Lipinski definition) is 2. The summed E-state index contributed by atoms with van der Waals surface area (Å²) in [5.74, 6) is 2.06. The van der Waals surface area contributed by atoms with Crippen LogP contribution in [-0.4, -0.2) is 53.4 Å². The maximum absolute atomic E-state index is 11.7. The van der Waals surface area contributed by atoms with Crippen molar-refractivity contribution in [2.45, 2.75) is 25.4 Å². The van der Waals surface area contributed by atoms with Gasteiger partial charge in [-0.3, -0.25) is 4.79 Å². The molecule has 1 atom stereocenters. The summed E-state index contributed by atoms with van der Waals surface area (Å²) in [6, 6.07) is 15.7. The number of carbonyl (C=O) groups is 1. The number of rotatable bonds is 8. The monoisotopic (exact) mass is 437 g/mol. The maximum atomic E-state index is 11.7. The van der Waals surface area contributed by atoms with Crippen molar-refractivity contribution in [1.29, 1.82) is 0 Å². The summed E-state index contributed by atoms with van der Waals surface area (Å²) in [5.41, 5.74) is 7.65. The number of aromatic nitrogens is 4. The molecule has 1 aromatic heterocycles. The summed E-state index contributed by atoms with van der Waals surface area (Å²) < 4.78 is 12.8. The highest BCUT2D eigenvalue weighted by molar-refractivity contribution is 5.76. The summed E-state index contributed by atoms with van der Waals surface area (Å²) in [4.78, 5) is 13.0. The Morgan fingerprint density at radius 1 is 1.12 bits per heavy atom. The number of primary amides is 1. The van der Waals surface area contributed by atoms with E-state index in [4.69, 9.17) is 15.2 Å². The highest BCUT2D eigenvalue weighted by Crippen LogP contribution is 2.28. The van der Waals surface area contributed by atoms with Crippen molar-refractivity contribution in [3.05, 3.63) is 65.5 Å². The van der Waals surface area contributed by atoms with E-state index in [-0.39, 0.29) is 17.9 Å². The number of para-hydroxylation sites is 1. The second kappa shape index (κ2) is 9.78. The van der Waals surface area contributed by atoms with E-state index < -0.39 is 0 Å². The molecule has 168 valence electrons. The Morgan fingerprint density at radius 2 is 1.84 bits per heavy atom. The third kappa shape index (κ3) is 4.57. The van der Waals surface area contributed by atoms with E-state index in [1.807, 2.05) is 47.1 Å². The standard InChI is InChI=1S/C23H28N6O3/c1-31-18-9-7-16(8-10-18)15-29-23(25-26-27-29)21(19-5-3-4-6-20(19)32-2)28-13-11-17(12-14-28)22(24)30/h3-10,17,21H,11-15H2,1-2H3,(H2,24,30)/p+1/t21-/m1/s1. The Kier molecular flexibility index (Phi) is 6.65. The number of nitrogens with zero attached hydrogens (tertiary/aromatic N) is 4. The highest BCUT2D eigenvalue weighted by Gasteiger charge is 2.37. The van der Waals surface area contributed by atoms with Crippen molar-refractivity contribution in [1.82, 2.24) is 20.2 Å². The molecule has 3 aromatic rings. The molecule has 1 aliphatic rings. The van der Waals surface area contributed by atoms with Crippen LogP contribution in [0.3, 0.4) is 0 Å². The van der Waals surface area contributed by atoms with Gasteiger partial charge >= 0.3 is 0 Å². The van der Waals surface area contributed by atoms with Gasteiger partial charge in [-0.1, -0.05) is 24.3 Å². The Labute approximate surface area is 187 Å². The lowest BCUT2D eigenvalue weighted by Crippen LogP contribution is -3.13. The smallest absolute Gasteiger partial charge is 0.220 e. The number of likely N-dealkylation sites (tertiary alicyclic amines) is 1. The van der Waals surface area contributed by atoms with Crippen LogP contribution in [0.2, 0.25) is 0 Å². The van der Waals surface area contributed by atoms with E-state index >= 15 is 0 Å². The lowest BCUT2D eigenvalue weighted by Gasteiger charge is -2.33. The third-order valence-corrected chi connectivity index (χ3v) is 6.20.